The molecule has 0 atom stereocenters. The van der Waals surface area contributed by atoms with Gasteiger partial charge in [-0.05, 0) is 25.0 Å². The zero-order valence-corrected chi connectivity index (χ0v) is 8.65. The predicted octanol–water partition coefficient (Wildman–Crippen LogP) is 1.54. The van der Waals surface area contributed by atoms with Crippen molar-refractivity contribution in [3.05, 3.63) is 24.0 Å². The summed E-state index contributed by atoms with van der Waals surface area (Å²) in [6.45, 7) is 0. The normalized spacial score (nSPS) is 17.3. The van der Waals surface area contributed by atoms with Crippen LogP contribution in [0.3, 0.4) is 0 Å². The second kappa shape index (κ2) is 4.87. The average Bonchev–Trinajstić information content (AvgIpc) is 2.31. The molecule has 1 saturated carbocycles. The van der Waals surface area contributed by atoms with Gasteiger partial charge < -0.3 is 5.32 Å². The first kappa shape index (κ1) is 10.1. The first-order chi connectivity index (χ1) is 7.36. The SMILES string of the molecule is O=C(NC1CCCCC1)c1cccnn1. The van der Waals surface area contributed by atoms with Crippen LogP contribution in [0.4, 0.5) is 0 Å². The quantitative estimate of drug-likeness (QED) is 0.796. The summed E-state index contributed by atoms with van der Waals surface area (Å²) in [4.78, 5) is 11.7. The van der Waals surface area contributed by atoms with E-state index >= 15 is 0 Å². The number of aromatic nitrogens is 2. The molecule has 1 fully saturated rings. The van der Waals surface area contributed by atoms with Crippen molar-refractivity contribution in [3.8, 4) is 0 Å². The minimum absolute atomic E-state index is 0.102. The second-order valence-corrected chi connectivity index (χ2v) is 3.92. The number of hydrogen-bond donors (Lipinski definition) is 1. The predicted molar refractivity (Wildman–Crippen MR) is 56.4 cm³/mol. The Morgan fingerprint density at radius 2 is 2.13 bits per heavy atom. The third-order valence-electron chi connectivity index (χ3n) is 2.75. The number of nitrogens with one attached hydrogen (secondary N) is 1. The zero-order chi connectivity index (χ0) is 10.5. The Bertz CT molecular complexity index is 320. The molecule has 1 N–H and O–H groups in total. The molecule has 0 aromatic carbocycles. The third-order valence-corrected chi connectivity index (χ3v) is 2.75. The summed E-state index contributed by atoms with van der Waals surface area (Å²) in [6, 6.07) is 3.74. The topological polar surface area (TPSA) is 54.9 Å². The largest absolute Gasteiger partial charge is 0.348 e. The van der Waals surface area contributed by atoms with Crippen LogP contribution in [0.5, 0.6) is 0 Å². The van der Waals surface area contributed by atoms with Gasteiger partial charge in [-0.2, -0.15) is 5.10 Å². The third kappa shape index (κ3) is 2.75. The Kier molecular flexibility index (Phi) is 3.27. The molecular formula is C11H15N3O. The highest BCUT2D eigenvalue weighted by molar-refractivity contribution is 5.92. The van der Waals surface area contributed by atoms with Gasteiger partial charge in [-0.25, -0.2) is 0 Å². The van der Waals surface area contributed by atoms with Crippen LogP contribution < -0.4 is 5.32 Å². The lowest BCUT2D eigenvalue weighted by molar-refractivity contribution is 0.0921. The van der Waals surface area contributed by atoms with Crippen LogP contribution >= 0.6 is 0 Å². The Morgan fingerprint density at radius 3 is 2.80 bits per heavy atom. The Balaban J connectivity index is 1.91. The molecule has 0 saturated heterocycles. The van der Waals surface area contributed by atoms with Crippen LogP contribution in [0.25, 0.3) is 0 Å². The van der Waals surface area contributed by atoms with Crippen molar-refractivity contribution in [2.24, 2.45) is 0 Å². The van der Waals surface area contributed by atoms with E-state index in [0.29, 0.717) is 11.7 Å². The summed E-state index contributed by atoms with van der Waals surface area (Å²) >= 11 is 0. The van der Waals surface area contributed by atoms with E-state index < -0.39 is 0 Å². The molecule has 1 aromatic heterocycles. The monoisotopic (exact) mass is 205 g/mol. The number of hydrogen-bond acceptors (Lipinski definition) is 3. The van der Waals surface area contributed by atoms with E-state index in [1.54, 1.807) is 18.3 Å². The van der Waals surface area contributed by atoms with Gasteiger partial charge in [-0.15, -0.1) is 5.10 Å². The van der Waals surface area contributed by atoms with Crippen LogP contribution in [0.1, 0.15) is 42.6 Å². The maximum absolute atomic E-state index is 11.7. The van der Waals surface area contributed by atoms with Crippen LogP contribution in [-0.2, 0) is 0 Å². The summed E-state index contributed by atoms with van der Waals surface area (Å²) < 4.78 is 0. The lowest BCUT2D eigenvalue weighted by atomic mass is 9.95. The molecule has 0 unspecified atom stereocenters. The molecular weight excluding hydrogens is 190 g/mol. The second-order valence-electron chi connectivity index (χ2n) is 3.92. The van der Waals surface area contributed by atoms with Crippen molar-refractivity contribution in [3.63, 3.8) is 0 Å². The standard InChI is InChI=1S/C11H15N3O/c15-11(10-7-4-8-12-14-10)13-9-5-2-1-3-6-9/h4,7-9H,1-3,5-6H2,(H,13,15). The number of amides is 1. The molecule has 1 heterocycles. The number of carbonyl (C=O) groups is 1. The minimum atomic E-state index is -0.102. The summed E-state index contributed by atoms with van der Waals surface area (Å²) in [5, 5.41) is 10.5. The lowest BCUT2D eigenvalue weighted by Crippen LogP contribution is -2.36. The number of carbonyl (C=O) groups excluding carboxylic acids is 1. The van der Waals surface area contributed by atoms with Gasteiger partial charge in [0.25, 0.3) is 5.91 Å². The minimum Gasteiger partial charge on any atom is -0.348 e. The van der Waals surface area contributed by atoms with E-state index in [9.17, 15) is 4.79 Å². The van der Waals surface area contributed by atoms with Crippen molar-refractivity contribution >= 4 is 5.91 Å². The van der Waals surface area contributed by atoms with Crippen LogP contribution in [0.2, 0.25) is 0 Å². The molecule has 4 heteroatoms. The van der Waals surface area contributed by atoms with E-state index in [1.807, 2.05) is 0 Å². The number of nitrogens with zero attached hydrogens (tertiary/aromatic N) is 2. The van der Waals surface area contributed by atoms with Crippen molar-refractivity contribution in [2.45, 2.75) is 38.1 Å². The molecule has 0 aliphatic heterocycles. The highest BCUT2D eigenvalue weighted by atomic mass is 16.2. The molecule has 80 valence electrons. The first-order valence-electron chi connectivity index (χ1n) is 5.45. The Hall–Kier alpha value is -1.45. The zero-order valence-electron chi connectivity index (χ0n) is 8.65. The van der Waals surface area contributed by atoms with Crippen molar-refractivity contribution in [1.29, 1.82) is 0 Å². The van der Waals surface area contributed by atoms with E-state index in [2.05, 4.69) is 15.5 Å². The fourth-order valence-corrected chi connectivity index (χ4v) is 1.93. The van der Waals surface area contributed by atoms with Gasteiger partial charge in [0.2, 0.25) is 0 Å². The average molecular weight is 205 g/mol. The molecule has 15 heavy (non-hydrogen) atoms. The molecule has 2 rings (SSSR count). The van der Waals surface area contributed by atoms with Crippen LogP contribution in [0.15, 0.2) is 18.3 Å². The van der Waals surface area contributed by atoms with Gasteiger partial charge in [-0.1, -0.05) is 19.3 Å². The molecule has 1 amide bonds. The maximum Gasteiger partial charge on any atom is 0.272 e. The van der Waals surface area contributed by atoms with Gasteiger partial charge in [0.15, 0.2) is 5.69 Å². The Labute approximate surface area is 89.1 Å². The maximum atomic E-state index is 11.7. The molecule has 1 aromatic rings. The van der Waals surface area contributed by atoms with Gasteiger partial charge in [0, 0.05) is 12.2 Å². The summed E-state index contributed by atoms with van der Waals surface area (Å²) in [5.41, 5.74) is 0.406. The summed E-state index contributed by atoms with van der Waals surface area (Å²) in [5.74, 6) is -0.102. The molecule has 1 aliphatic rings. The Morgan fingerprint density at radius 1 is 1.33 bits per heavy atom. The van der Waals surface area contributed by atoms with E-state index in [1.165, 1.54) is 19.3 Å². The number of rotatable bonds is 2. The first-order valence-corrected chi connectivity index (χ1v) is 5.45. The van der Waals surface area contributed by atoms with Crippen molar-refractivity contribution < 1.29 is 4.79 Å². The van der Waals surface area contributed by atoms with Gasteiger partial charge in [-0.3, -0.25) is 4.79 Å². The van der Waals surface area contributed by atoms with Gasteiger partial charge in [0.1, 0.15) is 0 Å². The smallest absolute Gasteiger partial charge is 0.272 e. The van der Waals surface area contributed by atoms with Gasteiger partial charge in [0.05, 0.1) is 0 Å². The summed E-state index contributed by atoms with van der Waals surface area (Å²) in [6.07, 6.45) is 7.46. The van der Waals surface area contributed by atoms with E-state index in [4.69, 9.17) is 0 Å². The molecule has 4 nitrogen and oxygen atoms in total. The van der Waals surface area contributed by atoms with Gasteiger partial charge >= 0.3 is 0 Å². The summed E-state index contributed by atoms with van der Waals surface area (Å²) in [7, 11) is 0. The highest BCUT2D eigenvalue weighted by Gasteiger charge is 2.16. The molecule has 0 spiro atoms. The van der Waals surface area contributed by atoms with E-state index in [-0.39, 0.29) is 5.91 Å². The molecule has 0 radical (unpaired) electrons. The van der Waals surface area contributed by atoms with Crippen molar-refractivity contribution in [2.75, 3.05) is 0 Å². The lowest BCUT2D eigenvalue weighted by Gasteiger charge is -2.22. The van der Waals surface area contributed by atoms with Crippen molar-refractivity contribution in [1.82, 2.24) is 15.5 Å². The molecule has 1 aliphatic carbocycles. The van der Waals surface area contributed by atoms with E-state index in [0.717, 1.165) is 12.8 Å². The van der Waals surface area contributed by atoms with Crippen LogP contribution in [0, 0.1) is 0 Å². The van der Waals surface area contributed by atoms with Crippen LogP contribution in [-0.4, -0.2) is 22.1 Å². The fourth-order valence-electron chi connectivity index (χ4n) is 1.93. The highest BCUT2D eigenvalue weighted by Crippen LogP contribution is 2.17. The molecule has 0 bridgehead atoms. The fraction of sp³-hybridized carbons (Fsp3) is 0.545.